The number of carbonyl (C=O) groups excluding carboxylic acids is 1. The van der Waals surface area contributed by atoms with Crippen molar-refractivity contribution >= 4 is 12.2 Å². The summed E-state index contributed by atoms with van der Waals surface area (Å²) in [6.07, 6.45) is 15.3. The highest BCUT2D eigenvalue weighted by atomic mass is 16.6. The van der Waals surface area contributed by atoms with E-state index in [4.69, 9.17) is 14.5 Å². The summed E-state index contributed by atoms with van der Waals surface area (Å²) in [6, 6.07) is 6.24. The Kier molecular flexibility index (Phi) is 5.13. The van der Waals surface area contributed by atoms with E-state index in [1.54, 1.807) is 7.11 Å². The first kappa shape index (κ1) is 19.1. The van der Waals surface area contributed by atoms with Crippen LogP contribution in [0.5, 0.6) is 11.5 Å². The number of hydrogen-bond acceptors (Lipinski definition) is 4. The lowest BCUT2D eigenvalue weighted by Crippen LogP contribution is -2.51. The number of rotatable bonds is 5. The summed E-state index contributed by atoms with van der Waals surface area (Å²) in [4.78, 5) is 18.0. The molecule has 0 radical (unpaired) electrons. The van der Waals surface area contributed by atoms with Crippen LogP contribution < -0.4 is 9.47 Å². The molecule has 4 bridgehead atoms. The molecule has 4 nitrogen and oxygen atoms in total. The number of methoxy groups -OCH3 is 1. The van der Waals surface area contributed by atoms with Gasteiger partial charge in [0.05, 0.1) is 12.5 Å². The normalized spacial score (nSPS) is 33.9. The quantitative estimate of drug-likeness (QED) is 0.372. The van der Waals surface area contributed by atoms with Crippen LogP contribution in [0.2, 0.25) is 0 Å². The maximum atomic E-state index is 13.2. The van der Waals surface area contributed by atoms with E-state index in [1.807, 2.05) is 24.4 Å². The molecule has 4 heteroatoms. The molecule has 6 rings (SSSR count). The standard InChI is InChI=1S/C25H33NO3/c1-28-23-12-17(16-26-21-5-3-2-4-6-21)7-8-22(23)29-24(27)25-13-18-9-19(14-25)11-20(10-18)15-25/h7-8,12,16,18-21H,2-6,9-11,13-15H2,1H3. The van der Waals surface area contributed by atoms with Crippen molar-refractivity contribution < 1.29 is 14.3 Å². The molecule has 0 N–H and O–H groups in total. The van der Waals surface area contributed by atoms with E-state index < -0.39 is 0 Å². The highest BCUT2D eigenvalue weighted by Crippen LogP contribution is 2.60. The highest BCUT2D eigenvalue weighted by molar-refractivity contribution is 5.83. The molecule has 1 aromatic carbocycles. The molecule has 156 valence electrons. The zero-order chi connectivity index (χ0) is 19.8. The van der Waals surface area contributed by atoms with Crippen molar-refractivity contribution in [3.63, 3.8) is 0 Å². The van der Waals surface area contributed by atoms with Gasteiger partial charge in [-0.15, -0.1) is 0 Å². The lowest BCUT2D eigenvalue weighted by atomic mass is 9.49. The number of carbonyl (C=O) groups is 1. The first-order valence-electron chi connectivity index (χ1n) is 11.6. The largest absolute Gasteiger partial charge is 0.493 e. The summed E-state index contributed by atoms with van der Waals surface area (Å²) >= 11 is 0. The Balaban J connectivity index is 1.29. The van der Waals surface area contributed by atoms with Crippen molar-refractivity contribution in [2.45, 2.75) is 76.7 Å². The van der Waals surface area contributed by atoms with E-state index in [-0.39, 0.29) is 11.4 Å². The van der Waals surface area contributed by atoms with E-state index in [0.717, 1.165) is 42.6 Å². The van der Waals surface area contributed by atoms with Gasteiger partial charge in [0.15, 0.2) is 11.5 Å². The lowest BCUT2D eigenvalue weighted by molar-refractivity contribution is -0.161. The second kappa shape index (κ2) is 7.77. The minimum Gasteiger partial charge on any atom is -0.493 e. The number of nitrogens with zero attached hydrogens (tertiary/aromatic N) is 1. The third-order valence-electron chi connectivity index (χ3n) is 7.87. The number of benzene rings is 1. The molecule has 0 amide bonds. The third-order valence-corrected chi connectivity index (χ3v) is 7.87. The van der Waals surface area contributed by atoms with E-state index >= 15 is 0 Å². The zero-order valence-corrected chi connectivity index (χ0v) is 17.6. The van der Waals surface area contributed by atoms with Gasteiger partial charge in [-0.2, -0.15) is 0 Å². The van der Waals surface area contributed by atoms with Crippen LogP contribution in [0, 0.1) is 23.2 Å². The molecule has 0 heterocycles. The van der Waals surface area contributed by atoms with Gasteiger partial charge in [-0.1, -0.05) is 19.3 Å². The average Bonchev–Trinajstić information content (AvgIpc) is 2.72. The van der Waals surface area contributed by atoms with Gasteiger partial charge in [0.1, 0.15) is 0 Å². The molecule has 5 aliphatic carbocycles. The summed E-state index contributed by atoms with van der Waals surface area (Å²) in [5.74, 6) is 3.33. The van der Waals surface area contributed by atoms with Crippen LogP contribution in [-0.4, -0.2) is 25.3 Å². The molecule has 0 saturated heterocycles. The first-order chi connectivity index (χ1) is 14.1. The van der Waals surface area contributed by atoms with Crippen LogP contribution in [0.25, 0.3) is 0 Å². The van der Waals surface area contributed by atoms with Crippen LogP contribution in [0.1, 0.15) is 76.2 Å². The predicted octanol–water partition coefficient (Wildman–Crippen LogP) is 5.57. The number of hydrogen-bond donors (Lipinski definition) is 0. The first-order valence-corrected chi connectivity index (χ1v) is 11.6. The van der Waals surface area contributed by atoms with E-state index in [1.165, 1.54) is 51.4 Å². The Morgan fingerprint density at radius 3 is 2.28 bits per heavy atom. The van der Waals surface area contributed by atoms with Crippen LogP contribution in [0.3, 0.4) is 0 Å². The van der Waals surface area contributed by atoms with Crippen LogP contribution in [-0.2, 0) is 4.79 Å². The highest BCUT2D eigenvalue weighted by Gasteiger charge is 2.55. The van der Waals surface area contributed by atoms with Gasteiger partial charge in [0, 0.05) is 12.3 Å². The van der Waals surface area contributed by atoms with E-state index in [2.05, 4.69) is 0 Å². The Bertz CT molecular complexity index is 758. The van der Waals surface area contributed by atoms with Crippen LogP contribution >= 0.6 is 0 Å². The SMILES string of the molecule is COc1cc(C=NC2CCCCC2)ccc1OC(=O)C12CC3CC(CC(C3)C1)C2. The maximum Gasteiger partial charge on any atom is 0.317 e. The van der Waals surface area contributed by atoms with Crippen molar-refractivity contribution in [2.75, 3.05) is 7.11 Å². The molecule has 29 heavy (non-hydrogen) atoms. The molecule has 5 aliphatic rings. The second-order valence-corrected chi connectivity index (χ2v) is 10.1. The summed E-state index contributed by atoms with van der Waals surface area (Å²) in [5, 5.41) is 0. The van der Waals surface area contributed by atoms with Crippen molar-refractivity contribution in [3.8, 4) is 11.5 Å². The van der Waals surface area contributed by atoms with Crippen molar-refractivity contribution in [1.29, 1.82) is 0 Å². The minimum absolute atomic E-state index is 0.0291. The number of esters is 1. The predicted molar refractivity (Wildman–Crippen MR) is 114 cm³/mol. The van der Waals surface area contributed by atoms with Gasteiger partial charge in [0.25, 0.3) is 0 Å². The summed E-state index contributed by atoms with van der Waals surface area (Å²) < 4.78 is 11.5. The van der Waals surface area contributed by atoms with E-state index in [9.17, 15) is 4.79 Å². The summed E-state index contributed by atoms with van der Waals surface area (Å²) in [5.41, 5.74) is 0.753. The number of aliphatic imine (C=N–C) groups is 1. The molecule has 5 saturated carbocycles. The van der Waals surface area contributed by atoms with Crippen molar-refractivity contribution in [1.82, 2.24) is 0 Å². The Morgan fingerprint density at radius 1 is 1.00 bits per heavy atom. The van der Waals surface area contributed by atoms with Gasteiger partial charge in [-0.3, -0.25) is 9.79 Å². The number of ether oxygens (including phenoxy) is 2. The van der Waals surface area contributed by atoms with Crippen molar-refractivity contribution in [3.05, 3.63) is 23.8 Å². The smallest absolute Gasteiger partial charge is 0.317 e. The van der Waals surface area contributed by atoms with E-state index in [0.29, 0.717) is 17.5 Å². The molecule has 0 spiro atoms. The topological polar surface area (TPSA) is 47.9 Å². The molecular formula is C25H33NO3. The van der Waals surface area contributed by atoms with Gasteiger partial charge < -0.3 is 9.47 Å². The Morgan fingerprint density at radius 2 is 1.66 bits per heavy atom. The second-order valence-electron chi connectivity index (χ2n) is 10.1. The molecule has 0 unspecified atom stereocenters. The zero-order valence-electron chi connectivity index (χ0n) is 17.6. The molecule has 0 aromatic heterocycles. The molecule has 1 aromatic rings. The van der Waals surface area contributed by atoms with Crippen molar-refractivity contribution in [2.24, 2.45) is 28.2 Å². The average molecular weight is 396 g/mol. The van der Waals surface area contributed by atoms with Gasteiger partial charge in [0.2, 0.25) is 0 Å². The Labute approximate surface area is 174 Å². The molecule has 0 aliphatic heterocycles. The molecule has 0 atom stereocenters. The van der Waals surface area contributed by atoms with Gasteiger partial charge in [-0.05, 0) is 92.9 Å². The van der Waals surface area contributed by atoms with Gasteiger partial charge >= 0.3 is 5.97 Å². The van der Waals surface area contributed by atoms with Crippen LogP contribution in [0.15, 0.2) is 23.2 Å². The maximum absolute atomic E-state index is 13.2. The third kappa shape index (κ3) is 3.83. The van der Waals surface area contributed by atoms with Gasteiger partial charge in [-0.25, -0.2) is 0 Å². The summed E-state index contributed by atoms with van der Waals surface area (Å²) in [7, 11) is 1.64. The fourth-order valence-corrected chi connectivity index (χ4v) is 6.84. The molecular weight excluding hydrogens is 362 g/mol. The molecule has 5 fully saturated rings. The fraction of sp³-hybridized carbons (Fsp3) is 0.680. The summed E-state index contributed by atoms with van der Waals surface area (Å²) in [6.45, 7) is 0. The Hall–Kier alpha value is -1.84. The monoisotopic (exact) mass is 395 g/mol. The fourth-order valence-electron chi connectivity index (χ4n) is 6.84. The lowest BCUT2D eigenvalue weighted by Gasteiger charge is -2.55. The minimum atomic E-state index is -0.249. The van der Waals surface area contributed by atoms with Crippen LogP contribution in [0.4, 0.5) is 0 Å².